The molecule has 0 aliphatic carbocycles. The Kier molecular flexibility index (Phi) is 4.71. The second-order valence-corrected chi connectivity index (χ2v) is 4.39. The fourth-order valence-corrected chi connectivity index (χ4v) is 2.33. The van der Waals surface area contributed by atoms with Gasteiger partial charge in [-0.3, -0.25) is 4.90 Å². The van der Waals surface area contributed by atoms with Crippen molar-refractivity contribution >= 4 is 0 Å². The summed E-state index contributed by atoms with van der Waals surface area (Å²) >= 11 is 0. The smallest absolute Gasteiger partial charge is 0.102 e. The van der Waals surface area contributed by atoms with Crippen LogP contribution in [0.1, 0.15) is 39.5 Å². The Morgan fingerprint density at radius 1 is 1.31 bits per heavy atom. The highest BCUT2D eigenvalue weighted by Crippen LogP contribution is 2.22. The van der Waals surface area contributed by atoms with Crippen LogP contribution in [-0.2, 0) is 0 Å². The van der Waals surface area contributed by atoms with Gasteiger partial charge >= 0.3 is 0 Å². The van der Waals surface area contributed by atoms with Gasteiger partial charge < -0.3 is 0 Å². The molecule has 1 atom stereocenters. The largest absolute Gasteiger partial charge is 0.298 e. The number of hydrogen-bond acceptors (Lipinski definition) is 1. The maximum atomic E-state index is 12.3. The second-order valence-electron chi connectivity index (χ2n) is 4.39. The van der Waals surface area contributed by atoms with Gasteiger partial charge in [-0.25, -0.2) is 4.39 Å². The van der Waals surface area contributed by atoms with Gasteiger partial charge in [-0.05, 0) is 25.3 Å². The topological polar surface area (TPSA) is 3.24 Å². The maximum Gasteiger partial charge on any atom is 0.102 e. The fourth-order valence-electron chi connectivity index (χ4n) is 2.33. The zero-order valence-electron chi connectivity index (χ0n) is 8.93. The molecule has 1 heterocycles. The first kappa shape index (κ1) is 11.0. The predicted octanol–water partition coefficient (Wildman–Crippen LogP) is 2.86. The van der Waals surface area contributed by atoms with Crippen molar-refractivity contribution < 1.29 is 4.39 Å². The van der Waals surface area contributed by atoms with Crippen molar-refractivity contribution in [3.05, 3.63) is 0 Å². The molecular formula is C11H22FN. The second kappa shape index (κ2) is 5.58. The van der Waals surface area contributed by atoms with Crippen LogP contribution in [0, 0.1) is 5.92 Å². The summed E-state index contributed by atoms with van der Waals surface area (Å²) in [5, 5.41) is 0. The van der Waals surface area contributed by atoms with Crippen LogP contribution in [-0.4, -0.2) is 30.7 Å². The van der Waals surface area contributed by atoms with Crippen molar-refractivity contribution in [3.8, 4) is 0 Å². The summed E-state index contributed by atoms with van der Waals surface area (Å²) in [6, 6.07) is 0.623. The monoisotopic (exact) mass is 187 g/mol. The molecule has 0 amide bonds. The molecule has 0 N–H and O–H groups in total. The SMILES string of the molecule is CC(C)C1CCCCCN1CCF. The summed E-state index contributed by atoms with van der Waals surface area (Å²) in [7, 11) is 0. The average molecular weight is 187 g/mol. The quantitative estimate of drug-likeness (QED) is 0.656. The summed E-state index contributed by atoms with van der Waals surface area (Å²) in [5.41, 5.74) is 0. The molecule has 1 saturated heterocycles. The Balaban J connectivity index is 2.50. The standard InChI is InChI=1S/C11H22FN/c1-10(2)11-6-4-3-5-8-13(11)9-7-12/h10-11H,3-9H2,1-2H3. The third kappa shape index (κ3) is 3.26. The van der Waals surface area contributed by atoms with Crippen molar-refractivity contribution in [2.75, 3.05) is 19.8 Å². The molecule has 1 aliphatic heterocycles. The lowest BCUT2D eigenvalue weighted by Gasteiger charge is -2.31. The number of likely N-dealkylation sites (tertiary alicyclic amines) is 1. The Bertz CT molecular complexity index is 136. The molecule has 0 aromatic heterocycles. The number of nitrogens with zero attached hydrogens (tertiary/aromatic N) is 1. The molecule has 2 heteroatoms. The van der Waals surface area contributed by atoms with Crippen LogP contribution in [0.2, 0.25) is 0 Å². The summed E-state index contributed by atoms with van der Waals surface area (Å²) in [5.74, 6) is 0.671. The van der Waals surface area contributed by atoms with E-state index in [-0.39, 0.29) is 6.67 Å². The van der Waals surface area contributed by atoms with Crippen molar-refractivity contribution in [2.45, 2.75) is 45.6 Å². The highest BCUT2D eigenvalue weighted by molar-refractivity contribution is 4.77. The highest BCUT2D eigenvalue weighted by atomic mass is 19.1. The third-order valence-electron chi connectivity index (χ3n) is 3.06. The van der Waals surface area contributed by atoms with Crippen LogP contribution in [0.5, 0.6) is 0 Å². The van der Waals surface area contributed by atoms with Gasteiger partial charge in [0.2, 0.25) is 0 Å². The van der Waals surface area contributed by atoms with E-state index in [0.29, 0.717) is 18.5 Å². The van der Waals surface area contributed by atoms with Gasteiger partial charge in [-0.1, -0.05) is 26.7 Å². The fraction of sp³-hybridized carbons (Fsp3) is 1.00. The zero-order valence-corrected chi connectivity index (χ0v) is 8.93. The van der Waals surface area contributed by atoms with Crippen molar-refractivity contribution in [1.82, 2.24) is 4.90 Å². The van der Waals surface area contributed by atoms with Gasteiger partial charge in [0.25, 0.3) is 0 Å². The maximum absolute atomic E-state index is 12.3. The third-order valence-corrected chi connectivity index (χ3v) is 3.06. The summed E-state index contributed by atoms with van der Waals surface area (Å²) < 4.78 is 12.3. The molecule has 1 aliphatic rings. The lowest BCUT2D eigenvalue weighted by atomic mass is 9.98. The minimum atomic E-state index is -0.191. The Labute approximate surface area is 81.3 Å². The molecule has 1 unspecified atom stereocenters. The minimum absolute atomic E-state index is 0.191. The van der Waals surface area contributed by atoms with Gasteiger partial charge in [0.15, 0.2) is 0 Å². The zero-order chi connectivity index (χ0) is 9.68. The predicted molar refractivity (Wildman–Crippen MR) is 54.6 cm³/mol. The molecule has 78 valence electrons. The summed E-state index contributed by atoms with van der Waals surface area (Å²) in [6.07, 6.45) is 5.17. The molecule has 1 nitrogen and oxygen atoms in total. The van der Waals surface area contributed by atoms with E-state index in [1.54, 1.807) is 0 Å². The minimum Gasteiger partial charge on any atom is -0.298 e. The average Bonchev–Trinajstić information content (AvgIpc) is 2.30. The van der Waals surface area contributed by atoms with E-state index in [2.05, 4.69) is 18.7 Å². The Morgan fingerprint density at radius 3 is 2.69 bits per heavy atom. The van der Waals surface area contributed by atoms with Crippen molar-refractivity contribution in [2.24, 2.45) is 5.92 Å². The Morgan fingerprint density at radius 2 is 2.08 bits per heavy atom. The summed E-state index contributed by atoms with van der Waals surface area (Å²) in [4.78, 5) is 2.34. The van der Waals surface area contributed by atoms with Gasteiger partial charge in [0.1, 0.15) is 6.67 Å². The summed E-state index contributed by atoms with van der Waals surface area (Å²) in [6.45, 7) is 6.06. The van der Waals surface area contributed by atoms with E-state index in [0.717, 1.165) is 6.54 Å². The van der Waals surface area contributed by atoms with Crippen LogP contribution >= 0.6 is 0 Å². The molecule has 0 saturated carbocycles. The first-order valence-corrected chi connectivity index (χ1v) is 5.55. The van der Waals surface area contributed by atoms with E-state index in [1.807, 2.05) is 0 Å². The molecule has 0 bridgehead atoms. The number of hydrogen-bond donors (Lipinski definition) is 0. The van der Waals surface area contributed by atoms with Gasteiger partial charge in [0.05, 0.1) is 0 Å². The van der Waals surface area contributed by atoms with Crippen LogP contribution in [0.3, 0.4) is 0 Å². The van der Waals surface area contributed by atoms with Gasteiger partial charge in [-0.2, -0.15) is 0 Å². The molecule has 0 aromatic carbocycles. The molecule has 1 fully saturated rings. The van der Waals surface area contributed by atoms with Crippen LogP contribution in [0.4, 0.5) is 4.39 Å². The molecule has 1 rings (SSSR count). The lowest BCUT2D eigenvalue weighted by molar-refractivity contribution is 0.146. The molecule has 13 heavy (non-hydrogen) atoms. The van der Waals surface area contributed by atoms with E-state index < -0.39 is 0 Å². The van der Waals surface area contributed by atoms with Crippen molar-refractivity contribution in [1.29, 1.82) is 0 Å². The Hall–Kier alpha value is -0.110. The lowest BCUT2D eigenvalue weighted by Crippen LogP contribution is -2.39. The van der Waals surface area contributed by atoms with Crippen LogP contribution in [0.25, 0.3) is 0 Å². The molecule has 0 spiro atoms. The number of rotatable bonds is 3. The molecular weight excluding hydrogens is 165 g/mol. The van der Waals surface area contributed by atoms with E-state index in [1.165, 1.54) is 25.7 Å². The first-order chi connectivity index (χ1) is 6.25. The first-order valence-electron chi connectivity index (χ1n) is 5.55. The molecule has 0 radical (unpaired) electrons. The normalized spacial score (nSPS) is 26.3. The van der Waals surface area contributed by atoms with Crippen LogP contribution in [0.15, 0.2) is 0 Å². The number of alkyl halides is 1. The van der Waals surface area contributed by atoms with Crippen molar-refractivity contribution in [3.63, 3.8) is 0 Å². The van der Waals surface area contributed by atoms with Gasteiger partial charge in [-0.15, -0.1) is 0 Å². The van der Waals surface area contributed by atoms with E-state index >= 15 is 0 Å². The number of halogens is 1. The van der Waals surface area contributed by atoms with Gasteiger partial charge in [0, 0.05) is 12.6 Å². The highest BCUT2D eigenvalue weighted by Gasteiger charge is 2.22. The van der Waals surface area contributed by atoms with Crippen LogP contribution < -0.4 is 0 Å². The van der Waals surface area contributed by atoms with E-state index in [9.17, 15) is 4.39 Å². The van der Waals surface area contributed by atoms with E-state index in [4.69, 9.17) is 0 Å². The molecule has 0 aromatic rings.